The third kappa shape index (κ3) is 5.87. The predicted molar refractivity (Wildman–Crippen MR) is 123 cm³/mol. The minimum absolute atomic E-state index is 0.0419. The Labute approximate surface area is 198 Å². The summed E-state index contributed by atoms with van der Waals surface area (Å²) in [6, 6.07) is 0. The number of nitrogen functional groups attached to an aromatic ring is 2. The molecule has 0 spiro atoms. The van der Waals surface area contributed by atoms with Crippen molar-refractivity contribution in [2.75, 3.05) is 31.0 Å². The van der Waals surface area contributed by atoms with E-state index in [1.54, 1.807) is 10.9 Å². The topological polar surface area (TPSA) is 235 Å². The van der Waals surface area contributed by atoms with Gasteiger partial charge in [-0.15, -0.1) is 0 Å². The fourth-order valence-electron chi connectivity index (χ4n) is 3.52. The Hall–Kier alpha value is -3.27. The highest BCUT2D eigenvalue weighted by Crippen LogP contribution is 2.33. The smallest absolute Gasteiger partial charge is 0.350 e. The molecule has 5 rings (SSSR count). The Balaban J connectivity index is 0.000000165. The molecule has 4 aromatic heterocycles. The van der Waals surface area contributed by atoms with Crippen LogP contribution in [0.15, 0.2) is 25.3 Å². The second kappa shape index (κ2) is 10.6. The number of fused-ring (bicyclic) bond motifs is 2. The second-order valence-corrected chi connectivity index (χ2v) is 9.21. The maximum atomic E-state index is 10.6. The van der Waals surface area contributed by atoms with Gasteiger partial charge < -0.3 is 40.4 Å². The van der Waals surface area contributed by atoms with Gasteiger partial charge in [-0.1, -0.05) is 0 Å². The molecule has 4 aromatic rings. The number of ether oxygens (including phenoxy) is 2. The van der Waals surface area contributed by atoms with Crippen molar-refractivity contribution in [3.05, 3.63) is 25.3 Å². The maximum absolute atomic E-state index is 10.6. The van der Waals surface area contributed by atoms with Crippen LogP contribution in [0.4, 0.5) is 11.6 Å². The van der Waals surface area contributed by atoms with Crippen LogP contribution in [0.25, 0.3) is 22.3 Å². The van der Waals surface area contributed by atoms with Crippen LogP contribution in [-0.2, 0) is 20.6 Å². The van der Waals surface area contributed by atoms with Crippen LogP contribution in [0.1, 0.15) is 19.1 Å². The van der Waals surface area contributed by atoms with Crippen molar-refractivity contribution in [1.82, 2.24) is 39.0 Å². The zero-order chi connectivity index (χ0) is 25.0. The number of aliphatic hydroxyl groups is 1. The zero-order valence-electron chi connectivity index (χ0n) is 18.5. The van der Waals surface area contributed by atoms with Crippen LogP contribution in [-0.4, -0.2) is 79.6 Å². The summed E-state index contributed by atoms with van der Waals surface area (Å²) in [4.78, 5) is 41.3. The molecule has 0 aliphatic carbocycles. The Kier molecular flexibility index (Phi) is 7.49. The molecule has 1 fully saturated rings. The lowest BCUT2D eigenvalue weighted by Crippen LogP contribution is -2.14. The summed E-state index contributed by atoms with van der Waals surface area (Å²) in [5.41, 5.74) is 13.6. The molecule has 188 valence electrons. The van der Waals surface area contributed by atoms with Gasteiger partial charge in [-0.25, -0.2) is 29.9 Å². The molecule has 0 saturated carbocycles. The van der Waals surface area contributed by atoms with Gasteiger partial charge in [0.25, 0.3) is 0 Å². The van der Waals surface area contributed by atoms with Gasteiger partial charge >= 0.3 is 7.60 Å². The minimum Gasteiger partial charge on any atom is -0.394 e. The van der Waals surface area contributed by atoms with E-state index in [-0.39, 0.29) is 31.4 Å². The summed E-state index contributed by atoms with van der Waals surface area (Å²) >= 11 is 0. The number of rotatable bonds is 7. The molecular formula is C18H25N10O6P. The standard InChI is InChI=1S/C10H13N5O2.C8H12N5O4P/c11-9-8-10(13-4-12-9)15(5-14-8)7-2-1-6(3-16)17-7;9-7-6-8(11-3-10-7)13(4-12-6)1-2-17-5-18(14,15)16/h4-7,16H,1-3H2,(H2,11,12,13);3-4H,1-2,5H2,(H2,9,10,11)(H2,14,15,16)/t6-,7+;/m0./s1. The van der Waals surface area contributed by atoms with Gasteiger partial charge in [-0.05, 0) is 12.8 Å². The summed E-state index contributed by atoms with van der Waals surface area (Å²) in [6.07, 6.45) is 6.75. The second-order valence-electron chi connectivity index (χ2n) is 7.63. The minimum atomic E-state index is -4.12. The third-order valence-corrected chi connectivity index (χ3v) is 5.67. The fraction of sp³-hybridized carbons (Fsp3) is 0.444. The number of nitrogens with two attached hydrogens (primary N) is 2. The molecular weight excluding hydrogens is 483 g/mol. The van der Waals surface area contributed by atoms with Crippen LogP contribution >= 0.6 is 7.60 Å². The van der Waals surface area contributed by atoms with E-state index in [2.05, 4.69) is 29.9 Å². The van der Waals surface area contributed by atoms with Crippen LogP contribution in [0, 0.1) is 0 Å². The number of hydrogen-bond acceptors (Lipinski definition) is 12. The van der Waals surface area contributed by atoms with Crippen molar-refractivity contribution in [1.29, 1.82) is 0 Å². The van der Waals surface area contributed by atoms with Crippen molar-refractivity contribution < 1.29 is 28.9 Å². The van der Waals surface area contributed by atoms with E-state index in [4.69, 9.17) is 35.8 Å². The van der Waals surface area contributed by atoms with Crippen LogP contribution in [0.3, 0.4) is 0 Å². The Morgan fingerprint density at radius 1 is 1.00 bits per heavy atom. The molecule has 17 heteroatoms. The first-order valence-electron chi connectivity index (χ1n) is 10.5. The number of hydrogen-bond donors (Lipinski definition) is 5. The number of aromatic nitrogens is 8. The molecule has 0 radical (unpaired) electrons. The summed E-state index contributed by atoms with van der Waals surface area (Å²) in [7, 11) is -4.12. The maximum Gasteiger partial charge on any atom is 0.350 e. The number of anilines is 2. The van der Waals surface area contributed by atoms with Crippen molar-refractivity contribution >= 4 is 41.6 Å². The highest BCUT2D eigenvalue weighted by Gasteiger charge is 2.27. The lowest BCUT2D eigenvalue weighted by atomic mass is 10.2. The molecule has 0 bridgehead atoms. The van der Waals surface area contributed by atoms with E-state index in [0.717, 1.165) is 12.8 Å². The van der Waals surface area contributed by atoms with E-state index < -0.39 is 13.9 Å². The number of nitrogens with zero attached hydrogens (tertiary/aromatic N) is 8. The van der Waals surface area contributed by atoms with Gasteiger partial charge in [0.1, 0.15) is 36.3 Å². The lowest BCUT2D eigenvalue weighted by Gasteiger charge is -2.13. The quantitative estimate of drug-likeness (QED) is 0.158. The van der Waals surface area contributed by atoms with Gasteiger partial charge in [0.05, 0.1) is 32.0 Å². The fourth-order valence-corrected chi connectivity index (χ4v) is 3.88. The molecule has 35 heavy (non-hydrogen) atoms. The lowest BCUT2D eigenvalue weighted by molar-refractivity contribution is -0.0207. The van der Waals surface area contributed by atoms with Crippen molar-refractivity contribution in [2.45, 2.75) is 31.7 Å². The molecule has 16 nitrogen and oxygen atoms in total. The largest absolute Gasteiger partial charge is 0.394 e. The van der Waals surface area contributed by atoms with Gasteiger partial charge in [-0.3, -0.25) is 9.13 Å². The van der Waals surface area contributed by atoms with Crippen LogP contribution < -0.4 is 11.5 Å². The monoisotopic (exact) mass is 508 g/mol. The van der Waals surface area contributed by atoms with Gasteiger partial charge in [0.2, 0.25) is 0 Å². The molecule has 1 aliphatic heterocycles. The average molecular weight is 508 g/mol. The molecule has 1 aliphatic rings. The summed E-state index contributed by atoms with van der Waals surface area (Å²) in [5.74, 6) is 0.653. The summed E-state index contributed by atoms with van der Waals surface area (Å²) < 4.78 is 24.6. The van der Waals surface area contributed by atoms with E-state index >= 15 is 0 Å². The Morgan fingerprint density at radius 3 is 2.31 bits per heavy atom. The van der Waals surface area contributed by atoms with E-state index in [9.17, 15) is 4.57 Å². The molecule has 5 heterocycles. The van der Waals surface area contributed by atoms with E-state index in [1.807, 2.05) is 4.57 Å². The predicted octanol–water partition coefficient (Wildman–Crippen LogP) is -0.361. The normalized spacial score (nSPS) is 18.1. The Bertz CT molecular complexity index is 1340. The SMILES string of the molecule is Nc1ncnc2c1ncn2CCOCP(=O)(O)O.Nc1ncnc2c1ncn2[C@H]1CC[C@@H](CO)O1. The molecule has 0 aromatic carbocycles. The molecule has 0 unspecified atom stereocenters. The van der Waals surface area contributed by atoms with Crippen molar-refractivity contribution in [3.63, 3.8) is 0 Å². The third-order valence-electron chi connectivity index (χ3n) is 5.15. The first kappa shape index (κ1) is 24.8. The Morgan fingerprint density at radius 2 is 1.66 bits per heavy atom. The van der Waals surface area contributed by atoms with Gasteiger partial charge in [0.15, 0.2) is 22.9 Å². The molecule has 7 N–H and O–H groups in total. The van der Waals surface area contributed by atoms with Crippen LogP contribution in [0.5, 0.6) is 0 Å². The van der Waals surface area contributed by atoms with Crippen LogP contribution in [0.2, 0.25) is 0 Å². The number of aliphatic hydroxyl groups excluding tert-OH is 1. The highest BCUT2D eigenvalue weighted by molar-refractivity contribution is 7.51. The highest BCUT2D eigenvalue weighted by atomic mass is 31.2. The first-order chi connectivity index (χ1) is 16.8. The van der Waals surface area contributed by atoms with Crippen molar-refractivity contribution in [2.24, 2.45) is 0 Å². The molecule has 1 saturated heterocycles. The summed E-state index contributed by atoms with van der Waals surface area (Å²) in [5, 5.41) is 9.04. The van der Waals surface area contributed by atoms with E-state index in [0.29, 0.717) is 34.7 Å². The number of imidazole rings is 2. The van der Waals surface area contributed by atoms with Gasteiger partial charge in [0, 0.05) is 6.54 Å². The summed E-state index contributed by atoms with van der Waals surface area (Å²) in [6.45, 7) is 0.549. The average Bonchev–Trinajstić information content (AvgIpc) is 3.55. The van der Waals surface area contributed by atoms with E-state index in [1.165, 1.54) is 19.0 Å². The first-order valence-corrected chi connectivity index (χ1v) is 12.3. The van der Waals surface area contributed by atoms with Gasteiger partial charge in [-0.2, -0.15) is 0 Å². The molecule has 2 atom stereocenters. The van der Waals surface area contributed by atoms with Crippen molar-refractivity contribution in [3.8, 4) is 0 Å². The molecule has 0 amide bonds. The zero-order valence-corrected chi connectivity index (χ0v) is 19.3.